The molecule has 0 radical (unpaired) electrons. The molecule has 1 atom stereocenters. The van der Waals surface area contributed by atoms with Crippen molar-refractivity contribution < 1.29 is 27.9 Å². The van der Waals surface area contributed by atoms with Crippen LogP contribution in [0.2, 0.25) is 0 Å². The Balaban J connectivity index is 2.08. The SMILES string of the molecule is Cc1cc(C(=O)NC(CC(F)(F)F)C2CC2)sc1C(=O)O. The van der Waals surface area contributed by atoms with Crippen molar-refractivity contribution in [2.24, 2.45) is 5.92 Å². The van der Waals surface area contributed by atoms with Crippen LogP contribution in [0.4, 0.5) is 13.2 Å². The Kier molecular flexibility index (Phi) is 4.27. The van der Waals surface area contributed by atoms with Gasteiger partial charge in [-0.2, -0.15) is 13.2 Å². The Hall–Kier alpha value is -1.57. The van der Waals surface area contributed by atoms with Gasteiger partial charge in [0.2, 0.25) is 0 Å². The molecule has 4 nitrogen and oxygen atoms in total. The van der Waals surface area contributed by atoms with Gasteiger partial charge in [0.1, 0.15) is 4.88 Å². The molecular weight excluding hydrogens is 307 g/mol. The summed E-state index contributed by atoms with van der Waals surface area (Å²) in [6.07, 6.45) is -4.05. The normalized spacial score (nSPS) is 16.6. The van der Waals surface area contributed by atoms with Crippen LogP contribution in [0.3, 0.4) is 0 Å². The summed E-state index contributed by atoms with van der Waals surface area (Å²) in [7, 11) is 0. The molecule has 116 valence electrons. The number of halogens is 3. The van der Waals surface area contributed by atoms with Crippen molar-refractivity contribution in [2.45, 2.75) is 38.4 Å². The lowest BCUT2D eigenvalue weighted by atomic mass is 10.1. The van der Waals surface area contributed by atoms with Gasteiger partial charge in [-0.25, -0.2) is 4.79 Å². The van der Waals surface area contributed by atoms with E-state index in [0.29, 0.717) is 18.4 Å². The number of aromatic carboxylic acids is 1. The average molecular weight is 321 g/mol. The van der Waals surface area contributed by atoms with Crippen molar-refractivity contribution in [1.82, 2.24) is 5.32 Å². The smallest absolute Gasteiger partial charge is 0.391 e. The maximum absolute atomic E-state index is 12.5. The topological polar surface area (TPSA) is 66.4 Å². The second-order valence-corrected chi connectivity index (χ2v) is 6.22. The number of nitrogens with one attached hydrogen (secondary N) is 1. The lowest BCUT2D eigenvalue weighted by Crippen LogP contribution is -2.39. The highest BCUT2D eigenvalue weighted by Crippen LogP contribution is 2.38. The molecule has 1 amide bonds. The number of carboxylic acid groups (broad SMARTS) is 1. The molecule has 2 rings (SSSR count). The Morgan fingerprint density at radius 2 is 2.10 bits per heavy atom. The summed E-state index contributed by atoms with van der Waals surface area (Å²) in [4.78, 5) is 23.1. The second-order valence-electron chi connectivity index (χ2n) is 5.16. The zero-order valence-electron chi connectivity index (χ0n) is 11.2. The Labute approximate surface area is 123 Å². The third kappa shape index (κ3) is 4.20. The molecule has 1 heterocycles. The van der Waals surface area contributed by atoms with Gasteiger partial charge < -0.3 is 10.4 Å². The highest BCUT2D eigenvalue weighted by Gasteiger charge is 2.40. The van der Waals surface area contributed by atoms with Crippen LogP contribution in [0, 0.1) is 12.8 Å². The number of carbonyl (C=O) groups is 2. The first-order chi connectivity index (χ1) is 9.67. The van der Waals surface area contributed by atoms with Crippen LogP contribution in [-0.2, 0) is 0 Å². The van der Waals surface area contributed by atoms with Crippen LogP contribution < -0.4 is 5.32 Å². The Morgan fingerprint density at radius 1 is 1.48 bits per heavy atom. The number of hydrogen-bond donors (Lipinski definition) is 2. The van der Waals surface area contributed by atoms with E-state index in [1.807, 2.05) is 0 Å². The van der Waals surface area contributed by atoms with Gasteiger partial charge in [-0.3, -0.25) is 4.79 Å². The molecular formula is C13H14F3NO3S. The van der Waals surface area contributed by atoms with Crippen molar-refractivity contribution >= 4 is 23.2 Å². The Bertz CT molecular complexity index is 563. The molecule has 0 aromatic carbocycles. The van der Waals surface area contributed by atoms with Gasteiger partial charge in [0.05, 0.1) is 11.3 Å². The zero-order valence-corrected chi connectivity index (χ0v) is 12.0. The van der Waals surface area contributed by atoms with Gasteiger partial charge in [-0.05, 0) is 37.3 Å². The third-order valence-corrected chi connectivity index (χ3v) is 4.52. The van der Waals surface area contributed by atoms with E-state index in [2.05, 4.69) is 5.32 Å². The van der Waals surface area contributed by atoms with Crippen LogP contribution in [0.15, 0.2) is 6.07 Å². The molecule has 21 heavy (non-hydrogen) atoms. The quantitative estimate of drug-likeness (QED) is 0.875. The minimum Gasteiger partial charge on any atom is -0.477 e. The predicted octanol–water partition coefficient (Wildman–Crippen LogP) is 3.22. The molecule has 0 saturated heterocycles. The van der Waals surface area contributed by atoms with Gasteiger partial charge in [0.15, 0.2) is 0 Å². The number of rotatable bonds is 5. The van der Waals surface area contributed by atoms with Crippen molar-refractivity contribution in [2.75, 3.05) is 0 Å². The van der Waals surface area contributed by atoms with Gasteiger partial charge in [0, 0.05) is 6.04 Å². The maximum Gasteiger partial charge on any atom is 0.391 e. The number of aryl methyl sites for hydroxylation is 1. The van der Waals surface area contributed by atoms with E-state index >= 15 is 0 Å². The number of thiophene rings is 1. The van der Waals surface area contributed by atoms with E-state index < -0.39 is 30.5 Å². The molecule has 1 saturated carbocycles. The molecule has 8 heteroatoms. The highest BCUT2D eigenvalue weighted by atomic mass is 32.1. The standard InChI is InChI=1S/C13H14F3NO3S/c1-6-4-9(21-10(6)12(19)20)11(18)17-8(7-2-3-7)5-13(14,15)16/h4,7-8H,2-3,5H2,1H3,(H,17,18)(H,19,20). The first-order valence-corrected chi connectivity index (χ1v) is 7.20. The fourth-order valence-corrected chi connectivity index (χ4v) is 3.04. The number of carbonyl (C=O) groups excluding carboxylic acids is 1. The van der Waals surface area contributed by atoms with E-state index in [1.165, 1.54) is 6.07 Å². The minimum absolute atomic E-state index is 0.0268. The van der Waals surface area contributed by atoms with Gasteiger partial charge >= 0.3 is 12.1 Å². The van der Waals surface area contributed by atoms with Crippen molar-refractivity contribution in [3.8, 4) is 0 Å². The molecule has 1 aromatic heterocycles. The second kappa shape index (κ2) is 5.67. The van der Waals surface area contributed by atoms with Crippen LogP contribution >= 0.6 is 11.3 Å². The first kappa shape index (κ1) is 15.8. The molecule has 0 bridgehead atoms. The van der Waals surface area contributed by atoms with Crippen LogP contribution in [0.25, 0.3) is 0 Å². The summed E-state index contributed by atoms with van der Waals surface area (Å²) >= 11 is 0.775. The monoisotopic (exact) mass is 321 g/mol. The molecule has 1 unspecified atom stereocenters. The molecule has 1 aromatic rings. The molecule has 1 aliphatic rings. The minimum atomic E-state index is -4.34. The fourth-order valence-electron chi connectivity index (χ4n) is 2.13. The van der Waals surface area contributed by atoms with E-state index in [1.54, 1.807) is 6.92 Å². The number of carboxylic acids is 1. The lowest BCUT2D eigenvalue weighted by molar-refractivity contribution is -0.140. The molecule has 0 aliphatic heterocycles. The highest BCUT2D eigenvalue weighted by molar-refractivity contribution is 7.16. The predicted molar refractivity (Wildman–Crippen MR) is 70.7 cm³/mol. The third-order valence-electron chi connectivity index (χ3n) is 3.29. The van der Waals surface area contributed by atoms with Crippen molar-refractivity contribution in [1.29, 1.82) is 0 Å². The zero-order chi connectivity index (χ0) is 15.8. The summed E-state index contributed by atoms with van der Waals surface area (Å²) in [6.45, 7) is 1.55. The summed E-state index contributed by atoms with van der Waals surface area (Å²) in [5.74, 6) is -1.93. The van der Waals surface area contributed by atoms with Crippen molar-refractivity contribution in [3.05, 3.63) is 21.4 Å². The van der Waals surface area contributed by atoms with Crippen molar-refractivity contribution in [3.63, 3.8) is 0 Å². The lowest BCUT2D eigenvalue weighted by Gasteiger charge is -2.19. The average Bonchev–Trinajstić information content (AvgIpc) is 3.09. The van der Waals surface area contributed by atoms with Gasteiger partial charge in [-0.15, -0.1) is 11.3 Å². The Morgan fingerprint density at radius 3 is 2.52 bits per heavy atom. The van der Waals surface area contributed by atoms with Gasteiger partial charge in [0.25, 0.3) is 5.91 Å². The first-order valence-electron chi connectivity index (χ1n) is 6.38. The largest absolute Gasteiger partial charge is 0.477 e. The summed E-state index contributed by atoms with van der Waals surface area (Å²) in [5, 5.41) is 11.3. The van der Waals surface area contributed by atoms with E-state index in [9.17, 15) is 22.8 Å². The molecule has 2 N–H and O–H groups in total. The number of alkyl halides is 3. The van der Waals surface area contributed by atoms with Crippen LogP contribution in [0.1, 0.15) is 44.2 Å². The number of hydrogen-bond acceptors (Lipinski definition) is 3. The van der Waals surface area contributed by atoms with Gasteiger partial charge in [-0.1, -0.05) is 0 Å². The molecule has 0 spiro atoms. The van der Waals surface area contributed by atoms with E-state index in [-0.39, 0.29) is 15.7 Å². The molecule has 1 fully saturated rings. The maximum atomic E-state index is 12.5. The van der Waals surface area contributed by atoms with E-state index in [0.717, 1.165) is 11.3 Å². The number of amides is 1. The molecule has 1 aliphatic carbocycles. The summed E-state index contributed by atoms with van der Waals surface area (Å²) < 4.78 is 37.5. The summed E-state index contributed by atoms with van der Waals surface area (Å²) in [5.41, 5.74) is 0.427. The van der Waals surface area contributed by atoms with Crippen LogP contribution in [0.5, 0.6) is 0 Å². The fraction of sp³-hybridized carbons (Fsp3) is 0.538. The summed E-state index contributed by atoms with van der Waals surface area (Å²) in [6, 6.07) is 0.453. The van der Waals surface area contributed by atoms with Crippen LogP contribution in [-0.4, -0.2) is 29.2 Å². The van der Waals surface area contributed by atoms with E-state index in [4.69, 9.17) is 5.11 Å².